The van der Waals surface area contributed by atoms with Gasteiger partial charge < -0.3 is 10.6 Å². The molecule has 0 aromatic heterocycles. The molecule has 150 valence electrons. The van der Waals surface area contributed by atoms with Crippen LogP contribution in [0.2, 0.25) is 0 Å². The maximum atomic E-state index is 12.6. The Morgan fingerprint density at radius 1 is 1.00 bits per heavy atom. The van der Waals surface area contributed by atoms with Crippen LogP contribution in [0.4, 0.5) is 11.4 Å². The van der Waals surface area contributed by atoms with E-state index in [1.54, 1.807) is 13.0 Å². The Bertz CT molecular complexity index is 813. The topological polar surface area (TPSA) is 61.4 Å². The molecule has 2 N–H and O–H groups in total. The molecule has 0 unspecified atom stereocenters. The third-order valence-corrected chi connectivity index (χ3v) is 4.83. The third-order valence-electron chi connectivity index (χ3n) is 4.83. The minimum Gasteiger partial charge on any atom is -0.326 e. The first kappa shape index (κ1) is 21.6. The predicted molar refractivity (Wildman–Crippen MR) is 116 cm³/mol. The lowest BCUT2D eigenvalue weighted by molar-refractivity contribution is -0.115. The molecule has 5 heteroatoms. The van der Waals surface area contributed by atoms with Crippen molar-refractivity contribution < 1.29 is 9.59 Å². The van der Waals surface area contributed by atoms with Crippen LogP contribution in [0.1, 0.15) is 55.6 Å². The molecule has 0 saturated heterocycles. The number of benzene rings is 2. The van der Waals surface area contributed by atoms with E-state index < -0.39 is 0 Å². The highest BCUT2D eigenvalue weighted by atomic mass is 16.2. The molecule has 2 amide bonds. The van der Waals surface area contributed by atoms with Crippen molar-refractivity contribution in [3.05, 3.63) is 59.2 Å². The van der Waals surface area contributed by atoms with E-state index in [0.29, 0.717) is 29.4 Å². The van der Waals surface area contributed by atoms with Gasteiger partial charge in [-0.05, 0) is 62.7 Å². The number of hydrogen-bond acceptors (Lipinski definition) is 3. The van der Waals surface area contributed by atoms with Gasteiger partial charge in [-0.3, -0.25) is 14.5 Å². The molecule has 0 atom stereocenters. The van der Waals surface area contributed by atoms with Crippen LogP contribution in [0.25, 0.3) is 0 Å². The van der Waals surface area contributed by atoms with Gasteiger partial charge in [0.05, 0.1) is 0 Å². The van der Waals surface area contributed by atoms with Crippen molar-refractivity contribution in [2.24, 2.45) is 0 Å². The van der Waals surface area contributed by atoms with Crippen LogP contribution in [0, 0.1) is 6.92 Å². The lowest BCUT2D eigenvalue weighted by atomic mass is 10.1. The Balaban J connectivity index is 2.08. The normalized spacial score (nSPS) is 11.0. The highest BCUT2D eigenvalue weighted by molar-refractivity contribution is 6.05. The average molecular weight is 382 g/mol. The largest absolute Gasteiger partial charge is 0.326 e. The summed E-state index contributed by atoms with van der Waals surface area (Å²) < 4.78 is 0. The minimum atomic E-state index is -0.162. The van der Waals surface area contributed by atoms with Gasteiger partial charge in [0, 0.05) is 35.9 Å². The van der Waals surface area contributed by atoms with Crippen molar-refractivity contribution in [3.63, 3.8) is 0 Å². The highest BCUT2D eigenvalue weighted by Crippen LogP contribution is 2.21. The molecule has 0 spiro atoms. The molecular formula is C23H31N3O2. The SMILES string of the molecule is CCC(=O)Nc1ccc(C)c(NC(=O)c2ccc(CN(CC)C(C)C)cc2)c1. The fourth-order valence-corrected chi connectivity index (χ4v) is 2.93. The van der Waals surface area contributed by atoms with E-state index in [2.05, 4.69) is 36.3 Å². The van der Waals surface area contributed by atoms with Crippen molar-refractivity contribution in [1.29, 1.82) is 0 Å². The number of rotatable bonds is 8. The smallest absolute Gasteiger partial charge is 0.255 e. The first-order valence-corrected chi connectivity index (χ1v) is 9.88. The molecule has 0 saturated carbocycles. The van der Waals surface area contributed by atoms with Crippen LogP contribution in [0.3, 0.4) is 0 Å². The minimum absolute atomic E-state index is 0.0563. The summed E-state index contributed by atoms with van der Waals surface area (Å²) in [6.45, 7) is 12.1. The number of nitrogens with zero attached hydrogens (tertiary/aromatic N) is 1. The third kappa shape index (κ3) is 5.92. The van der Waals surface area contributed by atoms with E-state index in [4.69, 9.17) is 0 Å². The van der Waals surface area contributed by atoms with Gasteiger partial charge >= 0.3 is 0 Å². The second-order valence-corrected chi connectivity index (χ2v) is 7.24. The molecule has 2 aromatic rings. The maximum absolute atomic E-state index is 12.6. The van der Waals surface area contributed by atoms with E-state index in [0.717, 1.165) is 18.7 Å². The van der Waals surface area contributed by atoms with E-state index >= 15 is 0 Å². The molecule has 2 rings (SSSR count). The van der Waals surface area contributed by atoms with Gasteiger partial charge in [0.2, 0.25) is 5.91 Å². The van der Waals surface area contributed by atoms with Crippen LogP contribution in [0.15, 0.2) is 42.5 Å². The zero-order valence-electron chi connectivity index (χ0n) is 17.5. The van der Waals surface area contributed by atoms with E-state index in [-0.39, 0.29) is 11.8 Å². The first-order chi connectivity index (χ1) is 13.3. The van der Waals surface area contributed by atoms with Crippen molar-refractivity contribution >= 4 is 23.2 Å². The Morgan fingerprint density at radius 3 is 2.25 bits per heavy atom. The Labute approximate surface area is 168 Å². The molecule has 0 aliphatic rings. The molecule has 2 aromatic carbocycles. The second kappa shape index (κ2) is 10.0. The molecule has 0 bridgehead atoms. The average Bonchev–Trinajstić information content (AvgIpc) is 2.68. The van der Waals surface area contributed by atoms with Gasteiger partial charge in [0.15, 0.2) is 0 Å². The van der Waals surface area contributed by atoms with E-state index in [1.807, 2.05) is 43.3 Å². The summed E-state index contributed by atoms with van der Waals surface area (Å²) in [5.41, 5.74) is 4.11. The number of hydrogen-bond donors (Lipinski definition) is 2. The van der Waals surface area contributed by atoms with Crippen molar-refractivity contribution in [2.45, 2.75) is 53.6 Å². The van der Waals surface area contributed by atoms with Gasteiger partial charge in [-0.1, -0.05) is 32.0 Å². The summed E-state index contributed by atoms with van der Waals surface area (Å²) in [4.78, 5) is 26.6. The number of nitrogens with one attached hydrogen (secondary N) is 2. The monoisotopic (exact) mass is 381 g/mol. The van der Waals surface area contributed by atoms with Crippen LogP contribution >= 0.6 is 0 Å². The van der Waals surface area contributed by atoms with E-state index in [1.165, 1.54) is 5.56 Å². The van der Waals surface area contributed by atoms with Crippen LogP contribution in [0.5, 0.6) is 0 Å². The quantitative estimate of drug-likeness (QED) is 0.689. The molecule has 28 heavy (non-hydrogen) atoms. The molecule has 0 fully saturated rings. The van der Waals surface area contributed by atoms with Crippen LogP contribution in [-0.2, 0) is 11.3 Å². The van der Waals surface area contributed by atoms with Crippen LogP contribution < -0.4 is 10.6 Å². The van der Waals surface area contributed by atoms with Gasteiger partial charge in [-0.25, -0.2) is 0 Å². The molecule has 0 aliphatic carbocycles. The Hall–Kier alpha value is -2.66. The molecule has 5 nitrogen and oxygen atoms in total. The standard InChI is InChI=1S/C23H31N3O2/c1-6-22(27)24-20-13-8-17(5)21(14-20)25-23(28)19-11-9-18(10-12-19)15-26(7-2)16(3)4/h8-14,16H,6-7,15H2,1-5H3,(H,24,27)(H,25,28). The fraction of sp³-hybridized carbons (Fsp3) is 0.391. The molecule has 0 heterocycles. The lowest BCUT2D eigenvalue weighted by Crippen LogP contribution is -2.29. The predicted octanol–water partition coefficient (Wildman–Crippen LogP) is 4.83. The zero-order chi connectivity index (χ0) is 20.7. The fourth-order valence-electron chi connectivity index (χ4n) is 2.93. The summed E-state index contributed by atoms with van der Waals surface area (Å²) >= 11 is 0. The van der Waals surface area contributed by atoms with Gasteiger partial charge in [-0.15, -0.1) is 0 Å². The second-order valence-electron chi connectivity index (χ2n) is 7.24. The van der Waals surface area contributed by atoms with Crippen molar-refractivity contribution in [1.82, 2.24) is 4.90 Å². The zero-order valence-corrected chi connectivity index (χ0v) is 17.5. The number of anilines is 2. The molecule has 0 aliphatic heterocycles. The summed E-state index contributed by atoms with van der Waals surface area (Å²) in [5, 5.41) is 5.76. The first-order valence-electron chi connectivity index (χ1n) is 9.88. The maximum Gasteiger partial charge on any atom is 0.255 e. The summed E-state index contributed by atoms with van der Waals surface area (Å²) in [7, 11) is 0. The summed E-state index contributed by atoms with van der Waals surface area (Å²) in [6.07, 6.45) is 0.411. The summed E-state index contributed by atoms with van der Waals surface area (Å²) in [6, 6.07) is 13.7. The lowest BCUT2D eigenvalue weighted by Gasteiger charge is -2.24. The number of amides is 2. The van der Waals surface area contributed by atoms with E-state index in [9.17, 15) is 9.59 Å². The molecular weight excluding hydrogens is 350 g/mol. The molecule has 0 radical (unpaired) electrons. The Kier molecular flexibility index (Phi) is 7.76. The Morgan fingerprint density at radius 2 is 1.68 bits per heavy atom. The van der Waals surface area contributed by atoms with Gasteiger partial charge in [-0.2, -0.15) is 0 Å². The highest BCUT2D eigenvalue weighted by Gasteiger charge is 2.11. The van der Waals surface area contributed by atoms with Crippen molar-refractivity contribution in [2.75, 3.05) is 17.2 Å². The van der Waals surface area contributed by atoms with Gasteiger partial charge in [0.25, 0.3) is 5.91 Å². The van der Waals surface area contributed by atoms with Gasteiger partial charge in [0.1, 0.15) is 0 Å². The van der Waals surface area contributed by atoms with Crippen LogP contribution in [-0.4, -0.2) is 29.3 Å². The number of carbonyl (C=O) groups excluding carboxylic acids is 2. The number of aryl methyl sites for hydroxylation is 1. The van der Waals surface area contributed by atoms with Crippen molar-refractivity contribution in [3.8, 4) is 0 Å². The number of carbonyl (C=O) groups is 2. The summed E-state index contributed by atoms with van der Waals surface area (Å²) in [5.74, 6) is -0.218.